The van der Waals surface area contributed by atoms with E-state index in [0.29, 0.717) is 19.8 Å². The van der Waals surface area contributed by atoms with Gasteiger partial charge < -0.3 is 9.47 Å². The van der Waals surface area contributed by atoms with E-state index >= 15 is 0 Å². The molecule has 0 aliphatic carbocycles. The van der Waals surface area contributed by atoms with Crippen molar-refractivity contribution >= 4 is 5.97 Å². The molecule has 0 fully saturated rings. The molecule has 86 valence electrons. The number of nitrogens with one attached hydrogen (secondary N) is 1. The summed E-state index contributed by atoms with van der Waals surface area (Å²) in [6, 6.07) is 7.38. The molecule has 2 rings (SSSR count). The van der Waals surface area contributed by atoms with Crippen molar-refractivity contribution in [2.24, 2.45) is 0 Å². The molecule has 0 amide bonds. The van der Waals surface area contributed by atoms with E-state index in [1.165, 1.54) is 0 Å². The summed E-state index contributed by atoms with van der Waals surface area (Å²) in [6.45, 7) is 3.13. The van der Waals surface area contributed by atoms with Crippen molar-refractivity contribution in [3.05, 3.63) is 29.8 Å². The van der Waals surface area contributed by atoms with Crippen molar-refractivity contribution in [3.8, 4) is 5.75 Å². The fourth-order valence-corrected chi connectivity index (χ4v) is 1.65. The van der Waals surface area contributed by atoms with Gasteiger partial charge in [-0.15, -0.1) is 0 Å². The molecule has 1 aliphatic heterocycles. The van der Waals surface area contributed by atoms with Crippen LogP contribution in [0.1, 0.15) is 12.5 Å². The van der Waals surface area contributed by atoms with Gasteiger partial charge in [-0.3, -0.25) is 10.1 Å². The number of rotatable bonds is 2. The minimum Gasteiger partial charge on any atom is -0.491 e. The van der Waals surface area contributed by atoms with Crippen molar-refractivity contribution in [3.63, 3.8) is 0 Å². The molecule has 0 bridgehead atoms. The summed E-state index contributed by atoms with van der Waals surface area (Å²) < 4.78 is 10.5. The first kappa shape index (κ1) is 11.0. The Balaban J connectivity index is 2.04. The lowest BCUT2D eigenvalue weighted by atomic mass is 10.2. The lowest BCUT2D eigenvalue weighted by Crippen LogP contribution is -2.40. The monoisotopic (exact) mass is 221 g/mol. The van der Waals surface area contributed by atoms with Crippen LogP contribution in [0.3, 0.4) is 0 Å². The molecule has 0 saturated carbocycles. The molecule has 1 aromatic rings. The first-order valence-electron chi connectivity index (χ1n) is 5.42. The highest BCUT2D eigenvalue weighted by atomic mass is 16.5. The number of carbonyl (C=O) groups is 1. The van der Waals surface area contributed by atoms with Crippen molar-refractivity contribution < 1.29 is 14.3 Å². The summed E-state index contributed by atoms with van der Waals surface area (Å²) >= 11 is 0. The summed E-state index contributed by atoms with van der Waals surface area (Å²) in [5.74, 6) is 0.581. The molecule has 1 atom stereocenters. The Kier molecular flexibility index (Phi) is 3.41. The van der Waals surface area contributed by atoms with Crippen LogP contribution < -0.4 is 10.1 Å². The molecular formula is C12H15NO3. The van der Waals surface area contributed by atoms with Gasteiger partial charge in [0.05, 0.1) is 6.61 Å². The van der Waals surface area contributed by atoms with E-state index in [0.717, 1.165) is 11.3 Å². The molecule has 0 saturated heterocycles. The summed E-state index contributed by atoms with van der Waals surface area (Å²) in [5.41, 5.74) is 1.06. The molecule has 1 aromatic carbocycles. The maximum absolute atomic E-state index is 11.5. The van der Waals surface area contributed by atoms with Crippen LogP contribution in [-0.4, -0.2) is 25.2 Å². The Labute approximate surface area is 94.6 Å². The van der Waals surface area contributed by atoms with Crippen LogP contribution in [0.25, 0.3) is 0 Å². The number of hydrogen-bond acceptors (Lipinski definition) is 4. The number of benzene rings is 1. The molecule has 1 aliphatic rings. The number of esters is 1. The smallest absolute Gasteiger partial charge is 0.326 e. The van der Waals surface area contributed by atoms with E-state index in [9.17, 15) is 4.79 Å². The lowest BCUT2D eigenvalue weighted by molar-refractivity contribution is -0.146. The first-order valence-corrected chi connectivity index (χ1v) is 5.42. The lowest BCUT2D eigenvalue weighted by Gasteiger charge is -2.13. The van der Waals surface area contributed by atoms with Gasteiger partial charge in [0.25, 0.3) is 0 Å². The average Bonchev–Trinajstić information content (AvgIpc) is 2.51. The number of fused-ring (bicyclic) bond motifs is 1. The van der Waals surface area contributed by atoms with Gasteiger partial charge in [-0.05, 0) is 13.0 Å². The predicted octanol–water partition coefficient (Wildman–Crippen LogP) is 1.10. The second-order valence-corrected chi connectivity index (χ2v) is 3.60. The summed E-state index contributed by atoms with van der Waals surface area (Å²) in [4.78, 5) is 11.5. The fraction of sp³-hybridized carbons (Fsp3) is 0.417. The van der Waals surface area contributed by atoms with Crippen LogP contribution in [0.5, 0.6) is 5.75 Å². The van der Waals surface area contributed by atoms with Gasteiger partial charge in [0.15, 0.2) is 0 Å². The van der Waals surface area contributed by atoms with Gasteiger partial charge in [0.2, 0.25) is 0 Å². The number of para-hydroxylation sites is 1. The molecule has 4 nitrogen and oxygen atoms in total. The van der Waals surface area contributed by atoms with E-state index in [1.54, 1.807) is 6.92 Å². The maximum atomic E-state index is 11.5. The van der Waals surface area contributed by atoms with Crippen LogP contribution >= 0.6 is 0 Å². The molecule has 4 heteroatoms. The normalized spacial score (nSPS) is 19.2. The molecule has 0 aromatic heterocycles. The minimum absolute atomic E-state index is 0.254. The standard InChI is InChI=1S/C12H15NO3/c1-2-15-12(14)10-8-16-11-6-4-3-5-9(11)7-13-10/h3-6,10,13H,2,7-8H2,1H3. The Morgan fingerprint density at radius 3 is 3.19 bits per heavy atom. The number of ether oxygens (including phenoxy) is 2. The van der Waals surface area contributed by atoms with E-state index in [-0.39, 0.29) is 12.0 Å². The Morgan fingerprint density at radius 2 is 2.38 bits per heavy atom. The zero-order valence-electron chi connectivity index (χ0n) is 9.23. The second-order valence-electron chi connectivity index (χ2n) is 3.60. The van der Waals surface area contributed by atoms with E-state index in [4.69, 9.17) is 9.47 Å². The SMILES string of the molecule is CCOC(=O)C1COc2ccccc2CN1. The molecule has 1 heterocycles. The molecule has 1 N–H and O–H groups in total. The summed E-state index contributed by atoms with van der Waals surface area (Å²) in [5, 5.41) is 3.12. The van der Waals surface area contributed by atoms with Gasteiger partial charge in [0.1, 0.15) is 18.4 Å². The van der Waals surface area contributed by atoms with Crippen molar-refractivity contribution in [2.75, 3.05) is 13.2 Å². The van der Waals surface area contributed by atoms with Gasteiger partial charge in [-0.2, -0.15) is 0 Å². The largest absolute Gasteiger partial charge is 0.491 e. The third-order valence-electron chi connectivity index (χ3n) is 2.49. The number of hydrogen-bond donors (Lipinski definition) is 1. The van der Waals surface area contributed by atoms with Gasteiger partial charge in [0, 0.05) is 12.1 Å². The average molecular weight is 221 g/mol. The maximum Gasteiger partial charge on any atom is 0.326 e. The van der Waals surface area contributed by atoms with Crippen molar-refractivity contribution in [1.82, 2.24) is 5.32 Å². The Hall–Kier alpha value is -1.55. The van der Waals surface area contributed by atoms with E-state index in [1.807, 2.05) is 24.3 Å². The second kappa shape index (κ2) is 4.99. The quantitative estimate of drug-likeness (QED) is 0.760. The van der Waals surface area contributed by atoms with Crippen molar-refractivity contribution in [1.29, 1.82) is 0 Å². The molecule has 16 heavy (non-hydrogen) atoms. The third-order valence-corrected chi connectivity index (χ3v) is 2.49. The van der Waals surface area contributed by atoms with Crippen molar-refractivity contribution in [2.45, 2.75) is 19.5 Å². The third kappa shape index (κ3) is 2.33. The van der Waals surface area contributed by atoms with Gasteiger partial charge in [-0.25, -0.2) is 0 Å². The van der Waals surface area contributed by atoms with Crippen LogP contribution in [0.2, 0.25) is 0 Å². The zero-order valence-corrected chi connectivity index (χ0v) is 9.23. The molecule has 0 spiro atoms. The van der Waals surface area contributed by atoms with E-state index in [2.05, 4.69) is 5.32 Å². The van der Waals surface area contributed by atoms with Crippen LogP contribution in [-0.2, 0) is 16.1 Å². The highest BCUT2D eigenvalue weighted by Gasteiger charge is 2.23. The number of carbonyl (C=O) groups excluding carboxylic acids is 1. The minimum atomic E-state index is -0.382. The fourth-order valence-electron chi connectivity index (χ4n) is 1.65. The first-order chi connectivity index (χ1) is 7.81. The van der Waals surface area contributed by atoms with E-state index < -0.39 is 0 Å². The summed E-state index contributed by atoms with van der Waals surface area (Å²) in [7, 11) is 0. The molecule has 1 unspecified atom stereocenters. The summed E-state index contributed by atoms with van der Waals surface area (Å²) in [6.07, 6.45) is 0. The molecule has 0 radical (unpaired) electrons. The van der Waals surface area contributed by atoms with Crippen LogP contribution in [0, 0.1) is 0 Å². The highest BCUT2D eigenvalue weighted by Crippen LogP contribution is 2.20. The Morgan fingerprint density at radius 1 is 1.56 bits per heavy atom. The highest BCUT2D eigenvalue weighted by molar-refractivity contribution is 5.76. The zero-order chi connectivity index (χ0) is 11.4. The Bertz CT molecular complexity index is 351. The van der Waals surface area contributed by atoms with Crippen LogP contribution in [0.4, 0.5) is 0 Å². The van der Waals surface area contributed by atoms with Gasteiger partial charge in [-0.1, -0.05) is 18.2 Å². The van der Waals surface area contributed by atoms with Gasteiger partial charge >= 0.3 is 5.97 Å². The topological polar surface area (TPSA) is 47.6 Å². The molecular weight excluding hydrogens is 206 g/mol. The predicted molar refractivity (Wildman–Crippen MR) is 59.2 cm³/mol. The van der Waals surface area contributed by atoms with Crippen LogP contribution in [0.15, 0.2) is 24.3 Å².